The molecular weight excluding hydrogens is 270 g/mol. The molecule has 1 aliphatic rings. The molecule has 1 amide bonds. The van der Waals surface area contributed by atoms with Crippen LogP contribution in [0.2, 0.25) is 0 Å². The number of hydrogen-bond donors (Lipinski definition) is 3. The van der Waals surface area contributed by atoms with Crippen LogP contribution in [0.3, 0.4) is 0 Å². The molecule has 0 bridgehead atoms. The molecule has 6 heteroatoms. The predicted molar refractivity (Wildman–Crippen MR) is 77.5 cm³/mol. The number of pyridine rings is 1. The van der Waals surface area contributed by atoms with E-state index >= 15 is 0 Å². The molecular formula is C15H21N3O3. The molecule has 1 aliphatic carbocycles. The van der Waals surface area contributed by atoms with Crippen molar-refractivity contribution < 1.29 is 14.7 Å². The number of carbonyl (C=O) groups excluding carboxylic acids is 1. The quantitative estimate of drug-likeness (QED) is 0.755. The minimum absolute atomic E-state index is 0.0213. The lowest BCUT2D eigenvalue weighted by atomic mass is 9.81. The van der Waals surface area contributed by atoms with Gasteiger partial charge in [0.25, 0.3) is 0 Å². The van der Waals surface area contributed by atoms with Crippen LogP contribution < -0.4 is 11.1 Å². The molecule has 1 aromatic rings. The second-order valence-corrected chi connectivity index (χ2v) is 5.51. The molecule has 6 nitrogen and oxygen atoms in total. The van der Waals surface area contributed by atoms with Crippen molar-refractivity contribution in [3.8, 4) is 0 Å². The lowest BCUT2D eigenvalue weighted by Gasteiger charge is -2.26. The Morgan fingerprint density at radius 1 is 1.33 bits per heavy atom. The van der Waals surface area contributed by atoms with Gasteiger partial charge in [0, 0.05) is 12.1 Å². The highest BCUT2D eigenvalue weighted by Gasteiger charge is 2.25. The topological polar surface area (TPSA) is 105 Å². The molecule has 1 heterocycles. The van der Waals surface area contributed by atoms with Crippen LogP contribution in [-0.4, -0.2) is 28.5 Å². The third-order valence-corrected chi connectivity index (χ3v) is 4.06. The first-order valence-corrected chi connectivity index (χ1v) is 7.26. The predicted octanol–water partition coefficient (Wildman–Crippen LogP) is 1.16. The summed E-state index contributed by atoms with van der Waals surface area (Å²) in [6.45, 7) is 0.955. The zero-order valence-electron chi connectivity index (χ0n) is 11.9. The molecule has 0 aliphatic heterocycles. The van der Waals surface area contributed by atoms with Gasteiger partial charge in [-0.25, -0.2) is 4.79 Å². The highest BCUT2D eigenvalue weighted by atomic mass is 16.4. The molecule has 0 spiro atoms. The van der Waals surface area contributed by atoms with Crippen LogP contribution in [0.15, 0.2) is 18.3 Å². The zero-order valence-corrected chi connectivity index (χ0v) is 11.9. The van der Waals surface area contributed by atoms with Crippen molar-refractivity contribution in [2.45, 2.75) is 32.2 Å². The fourth-order valence-electron chi connectivity index (χ4n) is 2.69. The first kappa shape index (κ1) is 15.4. The van der Waals surface area contributed by atoms with Gasteiger partial charge in [-0.05, 0) is 50.3 Å². The van der Waals surface area contributed by atoms with Crippen LogP contribution in [0.5, 0.6) is 0 Å². The lowest BCUT2D eigenvalue weighted by Crippen LogP contribution is -2.34. The van der Waals surface area contributed by atoms with Crippen LogP contribution >= 0.6 is 0 Å². The van der Waals surface area contributed by atoms with Crippen LogP contribution in [0.1, 0.15) is 41.7 Å². The van der Waals surface area contributed by atoms with Crippen molar-refractivity contribution in [3.63, 3.8) is 0 Å². The molecule has 0 radical (unpaired) electrons. The van der Waals surface area contributed by atoms with E-state index in [2.05, 4.69) is 10.3 Å². The number of nitrogens with two attached hydrogens (primary N) is 1. The number of hydrogen-bond acceptors (Lipinski definition) is 4. The minimum Gasteiger partial charge on any atom is -0.478 e. The molecule has 0 aromatic carbocycles. The average Bonchev–Trinajstić information content (AvgIpc) is 2.53. The first-order valence-electron chi connectivity index (χ1n) is 7.26. The Kier molecular flexibility index (Phi) is 5.27. The molecule has 21 heavy (non-hydrogen) atoms. The average molecular weight is 291 g/mol. The van der Waals surface area contributed by atoms with Crippen molar-refractivity contribution in [2.75, 3.05) is 6.54 Å². The summed E-state index contributed by atoms with van der Waals surface area (Å²) in [5.41, 5.74) is 6.37. The number of carboxylic acids is 1. The van der Waals surface area contributed by atoms with Gasteiger partial charge in [-0.2, -0.15) is 0 Å². The van der Waals surface area contributed by atoms with Crippen molar-refractivity contribution in [2.24, 2.45) is 17.6 Å². The van der Waals surface area contributed by atoms with E-state index in [0.717, 1.165) is 25.7 Å². The summed E-state index contributed by atoms with van der Waals surface area (Å²) in [4.78, 5) is 27.0. The van der Waals surface area contributed by atoms with Gasteiger partial charge < -0.3 is 16.2 Å². The number of nitrogens with one attached hydrogen (secondary N) is 1. The Bertz CT molecular complexity index is 511. The van der Waals surface area contributed by atoms with Crippen molar-refractivity contribution in [1.82, 2.24) is 10.3 Å². The second-order valence-electron chi connectivity index (χ2n) is 5.51. The highest BCUT2D eigenvalue weighted by Crippen LogP contribution is 2.28. The molecule has 0 saturated heterocycles. The van der Waals surface area contributed by atoms with E-state index in [1.807, 2.05) is 0 Å². The van der Waals surface area contributed by atoms with E-state index in [9.17, 15) is 9.59 Å². The number of aromatic carboxylic acids is 1. The summed E-state index contributed by atoms with van der Waals surface area (Å²) in [5, 5.41) is 11.8. The fraction of sp³-hybridized carbons (Fsp3) is 0.533. The van der Waals surface area contributed by atoms with Gasteiger partial charge in [0.1, 0.15) is 0 Å². The van der Waals surface area contributed by atoms with E-state index in [4.69, 9.17) is 10.8 Å². The first-order chi connectivity index (χ1) is 10.1. The third-order valence-electron chi connectivity index (χ3n) is 4.06. The van der Waals surface area contributed by atoms with Gasteiger partial charge in [-0.15, -0.1) is 0 Å². The number of carboxylic acid groups (broad SMARTS) is 1. The number of rotatable bonds is 5. The lowest BCUT2D eigenvalue weighted by molar-refractivity contribution is -0.126. The van der Waals surface area contributed by atoms with Crippen molar-refractivity contribution in [1.29, 1.82) is 0 Å². The maximum Gasteiger partial charge on any atom is 0.335 e. The maximum absolute atomic E-state index is 12.1. The molecule has 0 atom stereocenters. The van der Waals surface area contributed by atoms with Gasteiger partial charge in [0.05, 0.1) is 17.8 Å². The third kappa shape index (κ3) is 4.26. The fourth-order valence-corrected chi connectivity index (χ4v) is 2.69. The van der Waals surface area contributed by atoms with Gasteiger partial charge in [-0.3, -0.25) is 9.78 Å². The summed E-state index contributed by atoms with van der Waals surface area (Å²) >= 11 is 0. The summed E-state index contributed by atoms with van der Waals surface area (Å²) in [6.07, 6.45) is 5.19. The number of nitrogens with zero attached hydrogens (tertiary/aromatic N) is 1. The molecule has 2 rings (SSSR count). The van der Waals surface area contributed by atoms with Crippen LogP contribution in [0.25, 0.3) is 0 Å². The van der Waals surface area contributed by atoms with Crippen LogP contribution in [-0.2, 0) is 11.3 Å². The number of carbonyl (C=O) groups is 2. The standard InChI is InChI=1S/C15H21N3O3/c16-8-10-1-3-11(4-2-10)14(19)18-9-13-7-12(15(20)21)5-6-17-13/h5-7,10-11H,1-4,8-9,16H2,(H,18,19)(H,20,21). The Morgan fingerprint density at radius 3 is 2.67 bits per heavy atom. The Morgan fingerprint density at radius 2 is 2.05 bits per heavy atom. The summed E-state index contributed by atoms with van der Waals surface area (Å²) in [6, 6.07) is 2.91. The van der Waals surface area contributed by atoms with Gasteiger partial charge in [0.2, 0.25) is 5.91 Å². The number of aromatic nitrogens is 1. The molecule has 1 saturated carbocycles. The smallest absolute Gasteiger partial charge is 0.335 e. The Hall–Kier alpha value is -1.95. The molecule has 1 fully saturated rings. The Balaban J connectivity index is 1.84. The molecule has 4 N–H and O–H groups in total. The highest BCUT2D eigenvalue weighted by molar-refractivity contribution is 5.87. The van der Waals surface area contributed by atoms with Gasteiger partial charge in [0.15, 0.2) is 0 Å². The van der Waals surface area contributed by atoms with Gasteiger partial charge >= 0.3 is 5.97 Å². The van der Waals surface area contributed by atoms with E-state index < -0.39 is 5.97 Å². The second kappa shape index (κ2) is 7.17. The van der Waals surface area contributed by atoms with Crippen molar-refractivity contribution >= 4 is 11.9 Å². The zero-order chi connectivity index (χ0) is 15.2. The summed E-state index contributed by atoms with van der Waals surface area (Å²) < 4.78 is 0. The Labute approximate surface area is 123 Å². The number of amides is 1. The molecule has 1 aromatic heterocycles. The summed E-state index contributed by atoms with van der Waals surface area (Å²) in [5.74, 6) is -0.392. The van der Waals surface area contributed by atoms with Crippen molar-refractivity contribution in [3.05, 3.63) is 29.6 Å². The van der Waals surface area contributed by atoms with Crippen LogP contribution in [0.4, 0.5) is 0 Å². The molecule has 0 unspecified atom stereocenters. The minimum atomic E-state index is -0.995. The summed E-state index contributed by atoms with van der Waals surface area (Å²) in [7, 11) is 0. The molecule has 114 valence electrons. The van der Waals surface area contributed by atoms with E-state index in [1.54, 1.807) is 0 Å². The monoisotopic (exact) mass is 291 g/mol. The normalized spacial score (nSPS) is 21.8. The van der Waals surface area contributed by atoms with Crippen LogP contribution in [0, 0.1) is 11.8 Å². The van der Waals surface area contributed by atoms with Gasteiger partial charge in [-0.1, -0.05) is 0 Å². The van der Waals surface area contributed by atoms with E-state index in [-0.39, 0.29) is 23.9 Å². The maximum atomic E-state index is 12.1. The SMILES string of the molecule is NCC1CCC(C(=O)NCc2cc(C(=O)O)ccn2)CC1. The van der Waals surface area contributed by atoms with E-state index in [0.29, 0.717) is 18.2 Å². The largest absolute Gasteiger partial charge is 0.478 e. The van der Waals surface area contributed by atoms with E-state index in [1.165, 1.54) is 18.3 Å².